The molecule has 1 heteroatoms. The van der Waals surface area contributed by atoms with Gasteiger partial charge in [0.25, 0.3) is 0 Å². The van der Waals surface area contributed by atoms with E-state index in [1.165, 1.54) is 138 Å². The van der Waals surface area contributed by atoms with Crippen LogP contribution in [0.2, 0.25) is 0 Å². The molecule has 0 aromatic heterocycles. The smallest absolute Gasteiger partial charge is 0.0544 e. The molecule has 0 saturated heterocycles. The molecular formula is C66H49N. The third-order valence-electron chi connectivity index (χ3n) is 16.0. The number of anilines is 3. The SMILES string of the molecule is CC1(C)c2cc(-c3c4c(cc5ccccc35)CCC=C4)ccc2N2c3ccc(-c4c5ccccc5cc5ccccc45)cc3C(C)(C)c3cc(-c4c5ccccc5cc5ccccc45)cc1c32. The Labute approximate surface area is 392 Å². The quantitative estimate of drug-likeness (QED) is 0.160. The van der Waals surface area contributed by atoms with Crippen LogP contribution in [0.4, 0.5) is 17.1 Å². The van der Waals surface area contributed by atoms with Crippen LogP contribution < -0.4 is 4.90 Å². The van der Waals surface area contributed by atoms with E-state index in [1.807, 2.05) is 0 Å². The highest BCUT2D eigenvalue weighted by atomic mass is 15.2. The van der Waals surface area contributed by atoms with Crippen molar-refractivity contribution in [1.29, 1.82) is 0 Å². The summed E-state index contributed by atoms with van der Waals surface area (Å²) in [5.74, 6) is 0. The molecule has 2 aliphatic heterocycles. The van der Waals surface area contributed by atoms with Crippen molar-refractivity contribution in [3.63, 3.8) is 0 Å². The fourth-order valence-corrected chi connectivity index (χ4v) is 12.6. The van der Waals surface area contributed by atoms with Gasteiger partial charge >= 0.3 is 0 Å². The molecule has 11 aromatic rings. The predicted molar refractivity (Wildman–Crippen MR) is 287 cm³/mol. The zero-order valence-corrected chi connectivity index (χ0v) is 38.4. The van der Waals surface area contributed by atoms with E-state index in [0.717, 1.165) is 12.8 Å². The van der Waals surface area contributed by atoms with E-state index in [-0.39, 0.29) is 10.8 Å². The number of allylic oxidation sites excluding steroid dienone is 1. The largest absolute Gasteiger partial charge is 0.309 e. The molecule has 0 fully saturated rings. The highest BCUT2D eigenvalue weighted by Crippen LogP contribution is 2.62. The zero-order chi connectivity index (χ0) is 44.8. The van der Waals surface area contributed by atoms with Crippen molar-refractivity contribution < 1.29 is 0 Å². The zero-order valence-electron chi connectivity index (χ0n) is 38.4. The molecular weight excluding hydrogens is 807 g/mol. The molecule has 0 atom stereocenters. The van der Waals surface area contributed by atoms with Crippen LogP contribution in [0.1, 0.15) is 67.5 Å². The highest BCUT2D eigenvalue weighted by Gasteiger charge is 2.46. The first kappa shape index (κ1) is 38.5. The monoisotopic (exact) mass is 855 g/mol. The summed E-state index contributed by atoms with van der Waals surface area (Å²) in [7, 11) is 0. The summed E-state index contributed by atoms with van der Waals surface area (Å²) < 4.78 is 0. The van der Waals surface area contributed by atoms with Crippen molar-refractivity contribution in [3.05, 3.63) is 228 Å². The second-order valence-corrected chi connectivity index (χ2v) is 20.3. The number of aryl methyl sites for hydroxylation is 1. The summed E-state index contributed by atoms with van der Waals surface area (Å²) in [6, 6.07) is 71.8. The van der Waals surface area contributed by atoms with E-state index in [4.69, 9.17) is 0 Å². The van der Waals surface area contributed by atoms with E-state index in [0.29, 0.717) is 0 Å². The lowest BCUT2D eigenvalue weighted by atomic mass is 9.65. The van der Waals surface area contributed by atoms with Crippen molar-refractivity contribution in [1.82, 2.24) is 0 Å². The molecule has 2 heterocycles. The molecule has 3 aliphatic rings. The molecule has 0 N–H and O–H groups in total. The number of hydrogen-bond acceptors (Lipinski definition) is 1. The first-order chi connectivity index (χ1) is 32.7. The lowest BCUT2D eigenvalue weighted by Crippen LogP contribution is -2.38. The summed E-state index contributed by atoms with van der Waals surface area (Å²) in [6.45, 7) is 9.89. The van der Waals surface area contributed by atoms with Crippen LogP contribution in [0.5, 0.6) is 0 Å². The maximum atomic E-state index is 2.64. The van der Waals surface area contributed by atoms with Crippen molar-refractivity contribution >= 4 is 77.0 Å². The second-order valence-electron chi connectivity index (χ2n) is 20.3. The third kappa shape index (κ3) is 5.43. The van der Waals surface area contributed by atoms with Gasteiger partial charge in [0.2, 0.25) is 0 Å². The average molecular weight is 856 g/mol. The molecule has 0 unspecified atom stereocenters. The van der Waals surface area contributed by atoms with Gasteiger partial charge in [-0.3, -0.25) is 0 Å². The van der Waals surface area contributed by atoms with Gasteiger partial charge in [0.15, 0.2) is 0 Å². The van der Waals surface area contributed by atoms with Crippen molar-refractivity contribution in [2.24, 2.45) is 0 Å². The van der Waals surface area contributed by atoms with E-state index >= 15 is 0 Å². The minimum absolute atomic E-state index is 0.335. The van der Waals surface area contributed by atoms with Gasteiger partial charge in [0.1, 0.15) is 0 Å². The summed E-state index contributed by atoms with van der Waals surface area (Å²) >= 11 is 0. The Morgan fingerprint density at radius 3 is 1.24 bits per heavy atom. The Kier molecular flexibility index (Phi) is 7.99. The fourth-order valence-electron chi connectivity index (χ4n) is 12.6. The molecule has 0 saturated carbocycles. The number of nitrogens with zero attached hydrogens (tertiary/aromatic N) is 1. The Morgan fingerprint density at radius 2 is 0.761 bits per heavy atom. The highest BCUT2D eigenvalue weighted by molar-refractivity contribution is 6.15. The van der Waals surface area contributed by atoms with Crippen LogP contribution in [0.3, 0.4) is 0 Å². The fraction of sp³-hybridized carbons (Fsp3) is 0.121. The maximum absolute atomic E-state index is 2.64. The number of fused-ring (bicyclic) bond motifs is 10. The van der Waals surface area contributed by atoms with Crippen LogP contribution >= 0.6 is 0 Å². The lowest BCUT2D eigenvalue weighted by Gasteiger charge is -2.50. The number of rotatable bonds is 3. The first-order valence-corrected chi connectivity index (χ1v) is 24.1. The Balaban J connectivity index is 1.08. The van der Waals surface area contributed by atoms with E-state index in [2.05, 4.69) is 233 Å². The molecule has 1 aliphatic carbocycles. The Morgan fingerprint density at radius 1 is 0.373 bits per heavy atom. The number of benzene rings is 11. The Hall–Kier alpha value is -7.74. The lowest BCUT2D eigenvalue weighted by molar-refractivity contribution is 0.598. The standard InChI is InChI=1S/C66H49N/c1-65(2)55-36-46(61-49-23-11-5-17-40(49)33-41-18-6-12-24-50(41)61)29-31-59(55)67-60-32-30-47(62-51-25-13-7-19-42(51)34-43-20-8-14-26-52(43)62)37-56(60)66(3,4)58-39-48(38-57(65)64(58)67)63-53-27-15-9-21-44(53)35-45-22-10-16-28-54(45)63/h5-7,9-19,21-39H,8,20H2,1-4H3. The molecule has 0 radical (unpaired) electrons. The summed E-state index contributed by atoms with van der Waals surface area (Å²) in [5, 5.41) is 12.8. The van der Waals surface area contributed by atoms with E-state index < -0.39 is 0 Å². The second kappa shape index (κ2) is 13.9. The van der Waals surface area contributed by atoms with Gasteiger partial charge in [-0.15, -0.1) is 0 Å². The van der Waals surface area contributed by atoms with Crippen LogP contribution in [0, 0.1) is 0 Å². The molecule has 318 valence electrons. The van der Waals surface area contributed by atoms with Gasteiger partial charge in [0.05, 0.1) is 17.1 Å². The van der Waals surface area contributed by atoms with Crippen LogP contribution in [-0.4, -0.2) is 0 Å². The van der Waals surface area contributed by atoms with E-state index in [1.54, 1.807) is 0 Å². The predicted octanol–water partition coefficient (Wildman–Crippen LogP) is 18.2. The normalized spacial score (nSPS) is 15.2. The Bertz CT molecular complexity index is 3880. The molecule has 0 amide bonds. The summed E-state index contributed by atoms with van der Waals surface area (Å²) in [4.78, 5) is 2.64. The average Bonchev–Trinajstić information content (AvgIpc) is 3.36. The van der Waals surface area contributed by atoms with Crippen LogP contribution in [0.15, 0.2) is 194 Å². The van der Waals surface area contributed by atoms with Crippen LogP contribution in [0.25, 0.3) is 93.3 Å². The topological polar surface area (TPSA) is 3.24 Å². The molecule has 1 nitrogen and oxygen atoms in total. The molecule has 0 spiro atoms. The van der Waals surface area contributed by atoms with Crippen LogP contribution in [-0.2, 0) is 17.3 Å². The molecule has 14 rings (SSSR count). The molecule has 67 heavy (non-hydrogen) atoms. The maximum Gasteiger partial charge on any atom is 0.0544 e. The summed E-state index contributed by atoms with van der Waals surface area (Å²) in [5.41, 5.74) is 19.1. The third-order valence-corrected chi connectivity index (χ3v) is 16.0. The first-order valence-electron chi connectivity index (χ1n) is 24.1. The molecule has 0 bridgehead atoms. The summed E-state index contributed by atoms with van der Waals surface area (Å²) in [6.07, 6.45) is 6.89. The van der Waals surface area contributed by atoms with Gasteiger partial charge in [-0.05, 0) is 182 Å². The van der Waals surface area contributed by atoms with Crippen molar-refractivity contribution in [3.8, 4) is 33.4 Å². The van der Waals surface area contributed by atoms with E-state index in [9.17, 15) is 0 Å². The number of hydrogen-bond donors (Lipinski definition) is 0. The minimum atomic E-state index is -0.343. The van der Waals surface area contributed by atoms with Gasteiger partial charge < -0.3 is 4.90 Å². The van der Waals surface area contributed by atoms with Gasteiger partial charge in [-0.1, -0.05) is 179 Å². The van der Waals surface area contributed by atoms with Crippen molar-refractivity contribution in [2.75, 3.05) is 4.90 Å². The van der Waals surface area contributed by atoms with Gasteiger partial charge in [0, 0.05) is 10.8 Å². The molecule has 11 aromatic carbocycles. The van der Waals surface area contributed by atoms with Crippen molar-refractivity contribution in [2.45, 2.75) is 51.4 Å². The van der Waals surface area contributed by atoms with Gasteiger partial charge in [-0.2, -0.15) is 0 Å². The minimum Gasteiger partial charge on any atom is -0.309 e. The van der Waals surface area contributed by atoms with Gasteiger partial charge in [-0.25, -0.2) is 0 Å².